The Balaban J connectivity index is 0. The normalized spacial score (nSPS) is 15.1. The van der Waals surface area contributed by atoms with E-state index in [4.69, 9.17) is 18.9 Å². The van der Waals surface area contributed by atoms with E-state index in [9.17, 15) is 16.8 Å². The van der Waals surface area contributed by atoms with Crippen molar-refractivity contribution in [2.45, 2.75) is 75.6 Å². The number of ether oxygens (including phenoxy) is 1. The Morgan fingerprint density at radius 3 is 1.79 bits per heavy atom. The topological polar surface area (TPSA) is 138 Å². The first-order chi connectivity index (χ1) is 10.5. The van der Waals surface area contributed by atoms with E-state index in [0.717, 1.165) is 32.1 Å². The van der Waals surface area contributed by atoms with Gasteiger partial charge in [-0.15, -0.1) is 0 Å². The molecule has 0 aliphatic carbocycles. The van der Waals surface area contributed by atoms with Crippen molar-refractivity contribution in [3.8, 4) is 0 Å². The standard InChI is InChI=1S/C13H28O8S2.Na.H/c1-3-4-5-6-7-8-9-11(2)21-12(10-14)13(22(15,16)17)23(18,19)20;;/h11-14H,3-10H2,1-2H3,(H,15,16,17)(H,18,19,20);;. The van der Waals surface area contributed by atoms with Crippen molar-refractivity contribution in [3.63, 3.8) is 0 Å². The molecule has 0 aromatic heterocycles. The SMILES string of the molecule is CCCCCCCCC(C)OC(CO)C(S(=O)(=O)O)S(=O)(=O)O.[NaH]. The number of hydrogen-bond donors (Lipinski definition) is 3. The van der Waals surface area contributed by atoms with Crippen LogP contribution < -0.4 is 0 Å². The van der Waals surface area contributed by atoms with Gasteiger partial charge in [0.05, 0.1) is 12.7 Å². The Morgan fingerprint density at radius 2 is 1.38 bits per heavy atom. The Morgan fingerprint density at radius 1 is 0.917 bits per heavy atom. The molecule has 2 atom stereocenters. The maximum atomic E-state index is 11.1. The fourth-order valence-corrected chi connectivity index (χ4v) is 4.61. The summed E-state index contributed by atoms with van der Waals surface area (Å²) in [6.07, 6.45) is 4.57. The fraction of sp³-hybridized carbons (Fsp3) is 1.00. The van der Waals surface area contributed by atoms with Crippen molar-refractivity contribution in [1.82, 2.24) is 0 Å². The van der Waals surface area contributed by atoms with Gasteiger partial charge in [0.15, 0.2) is 0 Å². The Kier molecular flexibility index (Phi) is 14.6. The number of unbranched alkanes of at least 4 members (excludes halogenated alkanes) is 5. The molecule has 0 radical (unpaired) electrons. The van der Waals surface area contributed by atoms with Gasteiger partial charge in [0.1, 0.15) is 6.10 Å². The van der Waals surface area contributed by atoms with Crippen molar-refractivity contribution < 1.29 is 35.8 Å². The number of aliphatic hydroxyl groups excluding tert-OH is 1. The monoisotopic (exact) mass is 400 g/mol. The Labute approximate surface area is 167 Å². The third kappa shape index (κ3) is 11.4. The second-order valence-corrected chi connectivity index (χ2v) is 9.00. The molecule has 0 aliphatic heterocycles. The summed E-state index contributed by atoms with van der Waals surface area (Å²) < 4.78 is 65.1. The van der Waals surface area contributed by atoms with Crippen LogP contribution in [0.5, 0.6) is 0 Å². The van der Waals surface area contributed by atoms with Crippen LogP contribution in [0.1, 0.15) is 58.8 Å². The van der Waals surface area contributed by atoms with E-state index in [-0.39, 0.29) is 29.6 Å². The minimum atomic E-state index is -5.14. The van der Waals surface area contributed by atoms with E-state index in [1.807, 2.05) is 0 Å². The molecule has 0 aromatic rings. The molecule has 0 aromatic carbocycles. The van der Waals surface area contributed by atoms with Gasteiger partial charge in [0.2, 0.25) is 4.58 Å². The van der Waals surface area contributed by atoms with Crippen molar-refractivity contribution >= 4 is 49.8 Å². The molecule has 3 N–H and O–H groups in total. The molecule has 0 saturated carbocycles. The summed E-state index contributed by atoms with van der Waals surface area (Å²) in [5.41, 5.74) is 0. The summed E-state index contributed by atoms with van der Waals surface area (Å²) in [7, 11) is -10.3. The van der Waals surface area contributed by atoms with Gasteiger partial charge in [-0.1, -0.05) is 45.4 Å². The van der Waals surface area contributed by atoms with E-state index in [1.165, 1.54) is 6.42 Å². The van der Waals surface area contributed by atoms with Crippen LogP contribution >= 0.6 is 0 Å². The molecule has 0 saturated heterocycles. The third-order valence-corrected chi connectivity index (χ3v) is 6.68. The molecule has 0 aliphatic rings. The molecule has 0 amide bonds. The molecule has 0 spiro atoms. The minimum absolute atomic E-state index is 0. The Hall–Kier alpha value is 0.740. The van der Waals surface area contributed by atoms with Gasteiger partial charge in [0, 0.05) is 0 Å². The molecule has 142 valence electrons. The Bertz CT molecular complexity index is 488. The van der Waals surface area contributed by atoms with Gasteiger partial charge in [-0.05, 0) is 13.3 Å². The van der Waals surface area contributed by atoms with Crippen LogP contribution in [0.2, 0.25) is 0 Å². The number of aliphatic hydroxyl groups is 1. The first-order valence-corrected chi connectivity index (χ1v) is 10.7. The van der Waals surface area contributed by atoms with Crippen LogP contribution in [-0.2, 0) is 25.0 Å². The molecular weight excluding hydrogens is 371 g/mol. The summed E-state index contributed by atoms with van der Waals surface area (Å²) in [4.78, 5) is 0. The molecule has 8 nitrogen and oxygen atoms in total. The van der Waals surface area contributed by atoms with E-state index >= 15 is 0 Å². The first-order valence-electron chi connectivity index (χ1n) is 7.73. The fourth-order valence-electron chi connectivity index (χ4n) is 2.31. The summed E-state index contributed by atoms with van der Waals surface area (Å²) >= 11 is 0. The molecule has 2 unspecified atom stereocenters. The number of hydrogen-bond acceptors (Lipinski definition) is 6. The second-order valence-electron chi connectivity index (χ2n) is 5.62. The molecule has 0 fully saturated rings. The number of rotatable bonds is 13. The zero-order valence-electron chi connectivity index (χ0n) is 13.6. The summed E-state index contributed by atoms with van der Waals surface area (Å²) in [5.74, 6) is 0. The summed E-state index contributed by atoms with van der Waals surface area (Å²) in [5, 5.41) is 9.16. The van der Waals surface area contributed by atoms with Crippen LogP contribution in [0.15, 0.2) is 0 Å². The van der Waals surface area contributed by atoms with Gasteiger partial charge in [-0.2, -0.15) is 16.8 Å². The molecule has 0 rings (SSSR count). The van der Waals surface area contributed by atoms with Gasteiger partial charge >= 0.3 is 29.6 Å². The predicted molar refractivity (Wildman–Crippen MR) is 93.4 cm³/mol. The molecule has 0 bridgehead atoms. The molecule has 0 heterocycles. The van der Waals surface area contributed by atoms with Gasteiger partial charge in [0.25, 0.3) is 20.2 Å². The molecular formula is C13H29NaO8S2. The average molecular weight is 400 g/mol. The van der Waals surface area contributed by atoms with E-state index in [0.29, 0.717) is 6.42 Å². The van der Waals surface area contributed by atoms with E-state index < -0.39 is 43.6 Å². The average Bonchev–Trinajstić information content (AvgIpc) is 2.38. The zero-order valence-corrected chi connectivity index (χ0v) is 15.2. The molecule has 24 heavy (non-hydrogen) atoms. The van der Waals surface area contributed by atoms with Crippen LogP contribution in [-0.4, -0.2) is 84.0 Å². The third-order valence-electron chi connectivity index (χ3n) is 3.44. The zero-order chi connectivity index (χ0) is 18.1. The van der Waals surface area contributed by atoms with Crippen LogP contribution in [0.25, 0.3) is 0 Å². The maximum absolute atomic E-state index is 11.1. The summed E-state index contributed by atoms with van der Waals surface area (Å²) in [6.45, 7) is 2.76. The van der Waals surface area contributed by atoms with E-state index in [2.05, 4.69) is 6.92 Å². The first kappa shape index (κ1) is 27.0. The van der Waals surface area contributed by atoms with Crippen LogP contribution in [0.3, 0.4) is 0 Å². The van der Waals surface area contributed by atoms with Gasteiger partial charge in [-0.25, -0.2) is 0 Å². The van der Waals surface area contributed by atoms with Crippen LogP contribution in [0, 0.1) is 0 Å². The predicted octanol–water partition coefficient (Wildman–Crippen LogP) is 0.956. The van der Waals surface area contributed by atoms with Crippen LogP contribution in [0.4, 0.5) is 0 Å². The van der Waals surface area contributed by atoms with Crippen molar-refractivity contribution in [3.05, 3.63) is 0 Å². The van der Waals surface area contributed by atoms with Crippen molar-refractivity contribution in [2.24, 2.45) is 0 Å². The van der Waals surface area contributed by atoms with Gasteiger partial charge in [-0.3, -0.25) is 9.11 Å². The van der Waals surface area contributed by atoms with Gasteiger partial charge < -0.3 is 9.84 Å². The summed E-state index contributed by atoms with van der Waals surface area (Å²) in [6, 6.07) is 0. The van der Waals surface area contributed by atoms with E-state index in [1.54, 1.807) is 6.92 Å². The second kappa shape index (κ2) is 13.0. The van der Waals surface area contributed by atoms with Crippen molar-refractivity contribution in [1.29, 1.82) is 0 Å². The quantitative estimate of drug-likeness (QED) is 0.236. The molecule has 11 heteroatoms. The van der Waals surface area contributed by atoms with Crippen molar-refractivity contribution in [2.75, 3.05) is 6.61 Å².